The third-order valence-electron chi connectivity index (χ3n) is 3.22. The van der Waals surface area contributed by atoms with Crippen LogP contribution in [0.4, 0.5) is 0 Å². The highest BCUT2D eigenvalue weighted by Gasteiger charge is 2.09. The first-order valence-corrected chi connectivity index (χ1v) is 6.92. The fourth-order valence-electron chi connectivity index (χ4n) is 2.18. The highest BCUT2D eigenvalue weighted by Crippen LogP contribution is 2.21. The van der Waals surface area contributed by atoms with Gasteiger partial charge < -0.3 is 4.57 Å². The minimum absolute atomic E-state index is 0.0409. The van der Waals surface area contributed by atoms with Crippen LogP contribution in [0.5, 0.6) is 0 Å². The summed E-state index contributed by atoms with van der Waals surface area (Å²) < 4.78 is 1.90. The van der Waals surface area contributed by atoms with Gasteiger partial charge in [0.1, 0.15) is 0 Å². The van der Waals surface area contributed by atoms with Crippen molar-refractivity contribution in [3.63, 3.8) is 0 Å². The molecule has 3 aromatic rings. The number of fused-ring (bicyclic) bond motifs is 1. The lowest BCUT2D eigenvalue weighted by molar-refractivity contribution is 0.0973. The molecule has 0 bridgehead atoms. The summed E-state index contributed by atoms with van der Waals surface area (Å²) in [6, 6.07) is 14.6. The van der Waals surface area contributed by atoms with E-state index in [-0.39, 0.29) is 12.3 Å². The first kappa shape index (κ1) is 13.2. The number of hydrogen-bond acceptors (Lipinski definition) is 1. The molecule has 2 nitrogen and oxygen atoms in total. The van der Waals surface area contributed by atoms with Crippen LogP contribution in [0.2, 0.25) is 10.0 Å². The van der Waals surface area contributed by atoms with Crippen molar-refractivity contribution >= 4 is 39.9 Å². The topological polar surface area (TPSA) is 22.0 Å². The van der Waals surface area contributed by atoms with Gasteiger partial charge in [-0.25, -0.2) is 0 Å². The minimum Gasteiger partial charge on any atom is -0.340 e. The van der Waals surface area contributed by atoms with Crippen LogP contribution >= 0.6 is 23.2 Å². The smallest absolute Gasteiger partial charge is 0.182 e. The van der Waals surface area contributed by atoms with Crippen LogP contribution < -0.4 is 0 Å². The summed E-state index contributed by atoms with van der Waals surface area (Å²) in [4.78, 5) is 12.3. The highest BCUT2D eigenvalue weighted by molar-refractivity contribution is 6.31. The number of nitrogens with zero attached hydrogens (tertiary/aromatic N) is 1. The fraction of sp³-hybridized carbons (Fsp3) is 0.0625. The normalized spacial score (nSPS) is 10.9. The monoisotopic (exact) mass is 303 g/mol. The van der Waals surface area contributed by atoms with Crippen molar-refractivity contribution < 1.29 is 4.79 Å². The van der Waals surface area contributed by atoms with Crippen molar-refractivity contribution in [3.05, 3.63) is 70.3 Å². The molecule has 0 aliphatic rings. The third-order valence-corrected chi connectivity index (χ3v) is 3.70. The molecule has 0 aliphatic carbocycles. The van der Waals surface area contributed by atoms with E-state index in [4.69, 9.17) is 23.2 Å². The molecular formula is C16H11Cl2NO. The largest absolute Gasteiger partial charge is 0.340 e. The van der Waals surface area contributed by atoms with Crippen molar-refractivity contribution in [2.24, 2.45) is 0 Å². The molecule has 100 valence electrons. The van der Waals surface area contributed by atoms with Crippen LogP contribution in [-0.2, 0) is 6.54 Å². The summed E-state index contributed by atoms with van der Waals surface area (Å²) >= 11 is 11.8. The molecule has 20 heavy (non-hydrogen) atoms. The number of hydrogen-bond donors (Lipinski definition) is 0. The van der Waals surface area contributed by atoms with E-state index in [1.54, 1.807) is 24.3 Å². The molecule has 0 amide bonds. The highest BCUT2D eigenvalue weighted by atomic mass is 35.5. The van der Waals surface area contributed by atoms with Gasteiger partial charge in [0.15, 0.2) is 5.78 Å². The first-order valence-electron chi connectivity index (χ1n) is 6.17. The molecule has 0 saturated carbocycles. The third kappa shape index (κ3) is 2.58. The molecule has 0 atom stereocenters. The van der Waals surface area contributed by atoms with Gasteiger partial charge in [0.05, 0.1) is 6.54 Å². The van der Waals surface area contributed by atoms with E-state index in [2.05, 4.69) is 0 Å². The maximum Gasteiger partial charge on any atom is 0.182 e. The van der Waals surface area contributed by atoms with E-state index in [1.807, 2.05) is 35.0 Å². The summed E-state index contributed by atoms with van der Waals surface area (Å²) in [5, 5.41) is 2.36. The van der Waals surface area contributed by atoms with E-state index in [0.29, 0.717) is 15.6 Å². The zero-order valence-corrected chi connectivity index (χ0v) is 12.0. The van der Waals surface area contributed by atoms with Crippen molar-refractivity contribution in [2.75, 3.05) is 0 Å². The van der Waals surface area contributed by atoms with E-state index in [9.17, 15) is 4.79 Å². The van der Waals surface area contributed by atoms with Crippen molar-refractivity contribution in [3.8, 4) is 0 Å². The van der Waals surface area contributed by atoms with Crippen LogP contribution in [0.25, 0.3) is 10.9 Å². The van der Waals surface area contributed by atoms with Crippen LogP contribution in [0, 0.1) is 0 Å². The number of carbonyl (C=O) groups is 1. The van der Waals surface area contributed by atoms with Gasteiger partial charge in [-0.1, -0.05) is 29.3 Å². The molecular weight excluding hydrogens is 293 g/mol. The molecule has 4 heteroatoms. The maximum absolute atomic E-state index is 12.3. The Labute approximate surface area is 126 Å². The van der Waals surface area contributed by atoms with Gasteiger partial charge in [-0.15, -0.1) is 0 Å². The number of benzene rings is 2. The molecule has 0 fully saturated rings. The van der Waals surface area contributed by atoms with Crippen LogP contribution in [0.1, 0.15) is 10.4 Å². The summed E-state index contributed by atoms with van der Waals surface area (Å²) in [5.41, 5.74) is 1.61. The quantitative estimate of drug-likeness (QED) is 0.635. The van der Waals surface area contributed by atoms with Gasteiger partial charge in [-0.05, 0) is 47.9 Å². The number of ketones is 1. The van der Waals surface area contributed by atoms with Crippen molar-refractivity contribution in [2.45, 2.75) is 6.54 Å². The molecule has 0 unspecified atom stereocenters. The van der Waals surface area contributed by atoms with Gasteiger partial charge >= 0.3 is 0 Å². The van der Waals surface area contributed by atoms with E-state index < -0.39 is 0 Å². The summed E-state index contributed by atoms with van der Waals surface area (Å²) in [5.74, 6) is 0.0409. The second kappa shape index (κ2) is 5.31. The lowest BCUT2D eigenvalue weighted by Crippen LogP contribution is -2.09. The lowest BCUT2D eigenvalue weighted by atomic mass is 10.1. The Bertz CT molecular complexity index is 775. The van der Waals surface area contributed by atoms with Gasteiger partial charge in [0, 0.05) is 27.3 Å². The molecule has 2 aromatic carbocycles. The zero-order valence-electron chi connectivity index (χ0n) is 10.5. The van der Waals surface area contributed by atoms with E-state index in [0.717, 1.165) is 10.9 Å². The van der Waals surface area contributed by atoms with Crippen molar-refractivity contribution in [1.29, 1.82) is 0 Å². The molecule has 0 aliphatic heterocycles. The molecule has 1 aromatic heterocycles. The predicted octanol–water partition coefficient (Wildman–Crippen LogP) is 4.83. The number of aromatic nitrogens is 1. The SMILES string of the molecule is O=C(Cn1ccc2ccc(Cl)cc21)c1ccc(Cl)cc1. The molecule has 0 radical (unpaired) electrons. The number of Topliss-reactive ketones (excluding diaryl/α,β-unsaturated/α-hetero) is 1. The van der Waals surface area contributed by atoms with E-state index >= 15 is 0 Å². The van der Waals surface area contributed by atoms with Crippen molar-refractivity contribution in [1.82, 2.24) is 4.57 Å². The Morgan fingerprint density at radius 3 is 2.40 bits per heavy atom. The van der Waals surface area contributed by atoms with E-state index in [1.165, 1.54) is 0 Å². The Hall–Kier alpha value is -1.77. The Morgan fingerprint density at radius 2 is 1.65 bits per heavy atom. The van der Waals surface area contributed by atoms with Crippen LogP contribution in [0.15, 0.2) is 54.7 Å². The Kier molecular flexibility index (Phi) is 3.51. The van der Waals surface area contributed by atoms with Crippen LogP contribution in [-0.4, -0.2) is 10.4 Å². The van der Waals surface area contributed by atoms with Gasteiger partial charge in [0.25, 0.3) is 0 Å². The van der Waals surface area contributed by atoms with Gasteiger partial charge in [0.2, 0.25) is 0 Å². The standard InChI is InChI=1S/C16H11Cl2NO/c17-13-4-2-12(3-5-13)16(20)10-19-8-7-11-1-6-14(18)9-15(11)19/h1-9H,10H2. The first-order chi connectivity index (χ1) is 9.63. The number of halogens is 2. The molecule has 0 spiro atoms. The lowest BCUT2D eigenvalue weighted by Gasteiger charge is -2.05. The molecule has 3 rings (SSSR count). The summed E-state index contributed by atoms with van der Waals surface area (Å²) in [7, 11) is 0. The summed E-state index contributed by atoms with van der Waals surface area (Å²) in [6.45, 7) is 0.283. The van der Waals surface area contributed by atoms with Gasteiger partial charge in [-0.2, -0.15) is 0 Å². The second-order valence-corrected chi connectivity index (χ2v) is 5.45. The molecule has 1 heterocycles. The summed E-state index contributed by atoms with van der Waals surface area (Å²) in [6.07, 6.45) is 1.90. The maximum atomic E-state index is 12.3. The average molecular weight is 304 g/mol. The van der Waals surface area contributed by atoms with Gasteiger partial charge in [-0.3, -0.25) is 4.79 Å². The average Bonchev–Trinajstić information content (AvgIpc) is 2.82. The number of carbonyl (C=O) groups excluding carboxylic acids is 1. The zero-order chi connectivity index (χ0) is 14.1. The Balaban J connectivity index is 1.91. The fourth-order valence-corrected chi connectivity index (χ4v) is 2.47. The number of rotatable bonds is 3. The Morgan fingerprint density at radius 1 is 0.950 bits per heavy atom. The minimum atomic E-state index is 0.0409. The molecule has 0 N–H and O–H groups in total. The predicted molar refractivity (Wildman–Crippen MR) is 82.7 cm³/mol. The second-order valence-electron chi connectivity index (χ2n) is 4.58. The van der Waals surface area contributed by atoms with Crippen LogP contribution in [0.3, 0.4) is 0 Å². The molecule has 0 saturated heterocycles.